The minimum Gasteiger partial charge on any atom is -0.394 e. The van der Waals surface area contributed by atoms with E-state index in [1.807, 2.05) is 0 Å². The second kappa shape index (κ2) is 18.9. The third-order valence-electron chi connectivity index (χ3n) is 6.20. The number of ketones is 1. The molecule has 0 aliphatic heterocycles. The summed E-state index contributed by atoms with van der Waals surface area (Å²) >= 11 is 0. The van der Waals surface area contributed by atoms with Gasteiger partial charge in [-0.25, -0.2) is 4.57 Å². The highest BCUT2D eigenvalue weighted by Crippen LogP contribution is 2.51. The van der Waals surface area contributed by atoms with Crippen LogP contribution in [0.15, 0.2) is 0 Å². The first-order valence-corrected chi connectivity index (χ1v) is 14.2. The molecule has 0 heterocycles. The lowest BCUT2D eigenvalue weighted by molar-refractivity contribution is -0.139. The highest BCUT2D eigenvalue weighted by Gasteiger charge is 2.34. The molecule has 0 fully saturated rings. The lowest BCUT2D eigenvalue weighted by Gasteiger charge is -2.25. The summed E-state index contributed by atoms with van der Waals surface area (Å²) in [5.41, 5.74) is 0. The number of hydrogen-bond acceptors (Lipinski definition) is 8. The largest absolute Gasteiger partial charge is 0.474 e. The summed E-state index contributed by atoms with van der Waals surface area (Å²) in [5.74, 6) is -1.02. The van der Waals surface area contributed by atoms with Crippen molar-refractivity contribution in [3.63, 3.8) is 0 Å². The molecule has 5 atom stereocenters. The summed E-state index contributed by atoms with van der Waals surface area (Å²) in [7, 11) is -3.93. The smallest absolute Gasteiger partial charge is 0.394 e. The van der Waals surface area contributed by atoms with Crippen molar-refractivity contribution in [1.29, 1.82) is 0 Å². The predicted molar refractivity (Wildman–Crippen MR) is 130 cm³/mol. The summed E-state index contributed by atoms with van der Waals surface area (Å²) in [6, 6.07) is 0. The van der Waals surface area contributed by atoms with E-state index in [0.29, 0.717) is 6.42 Å². The third-order valence-corrected chi connectivity index (χ3v) is 7.59. The number of rotatable bonds is 22. The molecule has 0 radical (unpaired) electrons. The van der Waals surface area contributed by atoms with E-state index in [-0.39, 0.29) is 31.7 Å². The predicted octanol–water partition coefficient (Wildman–Crippen LogP) is 4.89. The summed E-state index contributed by atoms with van der Waals surface area (Å²) in [6.45, 7) is 9.59. The zero-order valence-electron chi connectivity index (χ0n) is 21.4. The first-order chi connectivity index (χ1) is 15.7. The van der Waals surface area contributed by atoms with Gasteiger partial charge in [-0.3, -0.25) is 18.4 Å². The van der Waals surface area contributed by atoms with Gasteiger partial charge in [-0.15, -0.1) is 0 Å². The van der Waals surface area contributed by atoms with E-state index in [1.165, 1.54) is 0 Å². The van der Waals surface area contributed by atoms with Crippen LogP contribution in [0.4, 0.5) is 0 Å². The van der Waals surface area contributed by atoms with E-state index < -0.39 is 38.3 Å². The number of aliphatic hydroxyl groups excluding tert-OH is 3. The highest BCUT2D eigenvalue weighted by atomic mass is 31.2. The first-order valence-electron chi connectivity index (χ1n) is 12.8. The van der Waals surface area contributed by atoms with Gasteiger partial charge in [-0.2, -0.15) is 0 Å². The summed E-state index contributed by atoms with van der Waals surface area (Å²) in [4.78, 5) is 12.5. The molecule has 8 nitrogen and oxygen atoms in total. The van der Waals surface area contributed by atoms with Gasteiger partial charge in [0.2, 0.25) is 0 Å². The molecule has 0 saturated heterocycles. The standard InChI is InChI=1S/C24H49O8P/c1-6-11-13-19(8-3)16-30-33(29,31-17-20(9-4)14-12-7-2)32-18-21(10-5)23(27)24(28)22(26)15-25/h19-22,24-26,28H,6-18H2,1-5H3. The maximum absolute atomic E-state index is 13.5. The monoisotopic (exact) mass is 496 g/mol. The zero-order chi connectivity index (χ0) is 25.3. The molecule has 0 aliphatic rings. The van der Waals surface area contributed by atoms with Gasteiger partial charge in [-0.1, -0.05) is 73.1 Å². The van der Waals surface area contributed by atoms with Gasteiger partial charge in [0.05, 0.1) is 26.4 Å². The van der Waals surface area contributed by atoms with Crippen molar-refractivity contribution in [3.8, 4) is 0 Å². The minimum atomic E-state index is -3.93. The third kappa shape index (κ3) is 13.4. The number of carbonyl (C=O) groups excluding carboxylic acids is 1. The molecular weight excluding hydrogens is 447 g/mol. The van der Waals surface area contributed by atoms with Crippen molar-refractivity contribution in [2.24, 2.45) is 17.8 Å². The van der Waals surface area contributed by atoms with Crippen molar-refractivity contribution in [2.75, 3.05) is 26.4 Å². The quantitative estimate of drug-likeness (QED) is 0.181. The fourth-order valence-electron chi connectivity index (χ4n) is 3.41. The zero-order valence-corrected chi connectivity index (χ0v) is 22.3. The van der Waals surface area contributed by atoms with E-state index in [0.717, 1.165) is 51.4 Å². The van der Waals surface area contributed by atoms with Gasteiger partial charge in [0.15, 0.2) is 5.78 Å². The Labute approximate surface area is 201 Å². The van der Waals surface area contributed by atoms with Gasteiger partial charge in [0.1, 0.15) is 12.2 Å². The van der Waals surface area contributed by atoms with Crippen LogP contribution in [0.3, 0.4) is 0 Å². The average molecular weight is 497 g/mol. The van der Waals surface area contributed by atoms with Crippen LogP contribution >= 0.6 is 7.82 Å². The Morgan fingerprint density at radius 3 is 1.61 bits per heavy atom. The maximum Gasteiger partial charge on any atom is 0.474 e. The number of Topliss-reactive ketones (excluding diaryl/α,β-unsaturated/α-hetero) is 1. The van der Waals surface area contributed by atoms with Crippen molar-refractivity contribution < 1.29 is 38.3 Å². The Morgan fingerprint density at radius 2 is 1.24 bits per heavy atom. The van der Waals surface area contributed by atoms with Gasteiger partial charge in [-0.05, 0) is 31.1 Å². The summed E-state index contributed by atoms with van der Waals surface area (Å²) in [5, 5.41) is 28.5. The Hall–Kier alpha value is -0.340. The lowest BCUT2D eigenvalue weighted by Crippen LogP contribution is -2.41. The average Bonchev–Trinajstić information content (AvgIpc) is 2.83. The number of phosphoric ester groups is 1. The van der Waals surface area contributed by atoms with Crippen LogP contribution in [0, 0.1) is 17.8 Å². The van der Waals surface area contributed by atoms with Gasteiger partial charge in [0, 0.05) is 5.92 Å². The molecule has 0 aromatic rings. The fraction of sp³-hybridized carbons (Fsp3) is 0.958. The van der Waals surface area contributed by atoms with Crippen molar-refractivity contribution >= 4 is 13.6 Å². The van der Waals surface area contributed by atoms with Crippen LogP contribution in [-0.4, -0.2) is 59.7 Å². The van der Waals surface area contributed by atoms with Crippen LogP contribution in [0.5, 0.6) is 0 Å². The van der Waals surface area contributed by atoms with Crippen LogP contribution in [0.25, 0.3) is 0 Å². The van der Waals surface area contributed by atoms with Gasteiger partial charge >= 0.3 is 7.82 Å². The second-order valence-corrected chi connectivity index (χ2v) is 10.5. The fourth-order valence-corrected chi connectivity index (χ4v) is 4.79. The van der Waals surface area contributed by atoms with Crippen LogP contribution in [0.2, 0.25) is 0 Å². The topological polar surface area (TPSA) is 123 Å². The van der Waals surface area contributed by atoms with Crippen LogP contribution < -0.4 is 0 Å². The molecule has 0 spiro atoms. The summed E-state index contributed by atoms with van der Waals surface area (Å²) < 4.78 is 30.5. The molecule has 0 aromatic carbocycles. The molecule has 3 N–H and O–H groups in total. The molecule has 0 bridgehead atoms. The minimum absolute atomic E-state index is 0.234. The Kier molecular flexibility index (Phi) is 18.7. The highest BCUT2D eigenvalue weighted by molar-refractivity contribution is 7.48. The van der Waals surface area contributed by atoms with Gasteiger partial charge in [0.25, 0.3) is 0 Å². The van der Waals surface area contributed by atoms with Gasteiger partial charge < -0.3 is 15.3 Å². The Morgan fingerprint density at radius 1 is 0.788 bits per heavy atom. The molecule has 0 amide bonds. The molecule has 0 saturated carbocycles. The van der Waals surface area contributed by atoms with Crippen LogP contribution in [-0.2, 0) is 22.9 Å². The molecule has 5 unspecified atom stereocenters. The van der Waals surface area contributed by atoms with E-state index in [9.17, 15) is 19.6 Å². The number of aliphatic hydroxyl groups is 3. The number of unbranched alkanes of at least 4 members (excludes halogenated alkanes) is 2. The summed E-state index contributed by atoms with van der Waals surface area (Å²) in [6.07, 6.45) is 4.94. The van der Waals surface area contributed by atoms with E-state index >= 15 is 0 Å². The Bertz CT molecular complexity index is 521. The molecule has 33 heavy (non-hydrogen) atoms. The van der Waals surface area contributed by atoms with Crippen molar-refractivity contribution in [2.45, 2.75) is 105 Å². The molecule has 0 aromatic heterocycles. The van der Waals surface area contributed by atoms with Crippen molar-refractivity contribution in [3.05, 3.63) is 0 Å². The van der Waals surface area contributed by atoms with Crippen LogP contribution in [0.1, 0.15) is 92.4 Å². The molecule has 0 aliphatic carbocycles. The lowest BCUT2D eigenvalue weighted by atomic mass is 9.95. The molecule has 0 rings (SSSR count). The first kappa shape index (κ1) is 32.7. The van der Waals surface area contributed by atoms with E-state index in [4.69, 9.17) is 18.7 Å². The molecular formula is C24H49O8P. The molecule has 9 heteroatoms. The normalized spacial score (nSPS) is 18.3. The van der Waals surface area contributed by atoms with E-state index in [2.05, 4.69) is 27.7 Å². The maximum atomic E-state index is 13.5. The van der Waals surface area contributed by atoms with Crippen molar-refractivity contribution in [1.82, 2.24) is 0 Å². The SMILES string of the molecule is CCCCC(CC)COP(=O)(OCC(CC)CCCC)OCC(CC)C(=O)C(O)C(O)CO. The second-order valence-electron chi connectivity index (χ2n) is 8.87. The number of phosphoric acid groups is 1. The Balaban J connectivity index is 5.28. The number of hydrogen-bond donors (Lipinski definition) is 3. The molecule has 198 valence electrons. The number of carbonyl (C=O) groups is 1. The van der Waals surface area contributed by atoms with E-state index in [1.54, 1.807) is 6.92 Å².